The van der Waals surface area contributed by atoms with Crippen molar-refractivity contribution in [3.63, 3.8) is 0 Å². The Bertz CT molecular complexity index is 646. The van der Waals surface area contributed by atoms with Gasteiger partial charge >= 0.3 is 6.09 Å². The molecule has 0 bridgehead atoms. The first-order valence-electron chi connectivity index (χ1n) is 6.85. The zero-order valence-electron chi connectivity index (χ0n) is 12.9. The normalized spacial score (nSPS) is 14.8. The quantitative estimate of drug-likeness (QED) is 0.717. The molecule has 4 N–H and O–H groups in total. The molecule has 21 heavy (non-hydrogen) atoms. The molecule has 0 saturated heterocycles. The molecular formula is C14H22N4O2S. The van der Waals surface area contributed by atoms with Gasteiger partial charge in [0.1, 0.15) is 16.1 Å². The van der Waals surface area contributed by atoms with E-state index in [0.717, 1.165) is 11.1 Å². The predicted molar refractivity (Wildman–Crippen MR) is 85.4 cm³/mol. The number of carbonyl (C=O) groups excluding carboxylic acids is 1. The van der Waals surface area contributed by atoms with E-state index in [9.17, 15) is 4.79 Å². The van der Waals surface area contributed by atoms with E-state index in [2.05, 4.69) is 0 Å². The number of nitrogens with zero attached hydrogens (tertiary/aromatic N) is 2. The molecule has 2 heterocycles. The molecule has 1 aromatic heterocycles. The van der Waals surface area contributed by atoms with E-state index in [1.807, 2.05) is 20.8 Å². The zero-order chi connectivity index (χ0) is 15.9. The van der Waals surface area contributed by atoms with Gasteiger partial charge in [0, 0.05) is 19.2 Å². The largest absolute Gasteiger partial charge is 0.444 e. The van der Waals surface area contributed by atoms with Crippen LogP contribution in [-0.4, -0.2) is 27.7 Å². The van der Waals surface area contributed by atoms with E-state index in [1.54, 1.807) is 16.5 Å². The van der Waals surface area contributed by atoms with Crippen molar-refractivity contribution in [2.75, 3.05) is 18.0 Å². The number of fused-ring (bicyclic) bond motifs is 1. The highest BCUT2D eigenvalue weighted by Crippen LogP contribution is 2.30. The van der Waals surface area contributed by atoms with Crippen LogP contribution < -0.4 is 11.5 Å². The van der Waals surface area contributed by atoms with Crippen LogP contribution in [0.1, 0.15) is 31.9 Å². The number of nitrogen functional groups attached to an aromatic ring is 2. The van der Waals surface area contributed by atoms with E-state index in [4.69, 9.17) is 28.4 Å². The maximum absolute atomic E-state index is 12.2. The van der Waals surface area contributed by atoms with Crippen LogP contribution in [0.3, 0.4) is 0 Å². The summed E-state index contributed by atoms with van der Waals surface area (Å²) in [5.74, 6) is 0.476. The maximum atomic E-state index is 12.2. The summed E-state index contributed by atoms with van der Waals surface area (Å²) in [6.07, 6.45) is 0.301. The molecule has 0 radical (unpaired) electrons. The molecule has 0 spiro atoms. The lowest BCUT2D eigenvalue weighted by Gasteiger charge is -2.32. The predicted octanol–water partition coefficient (Wildman–Crippen LogP) is 2.21. The smallest absolute Gasteiger partial charge is 0.410 e. The van der Waals surface area contributed by atoms with Crippen molar-refractivity contribution >= 4 is 29.8 Å². The topological polar surface area (TPSA) is 86.5 Å². The maximum Gasteiger partial charge on any atom is 0.410 e. The number of nitrogens with two attached hydrogens (primary N) is 2. The molecule has 116 valence electrons. The van der Waals surface area contributed by atoms with Gasteiger partial charge in [0.05, 0.1) is 12.2 Å². The third-order valence-electron chi connectivity index (χ3n) is 3.52. The molecule has 1 aliphatic heterocycles. The summed E-state index contributed by atoms with van der Waals surface area (Å²) in [7, 11) is 1.78. The van der Waals surface area contributed by atoms with Gasteiger partial charge in [-0.15, -0.1) is 0 Å². The third kappa shape index (κ3) is 2.97. The van der Waals surface area contributed by atoms with Crippen LogP contribution in [0.25, 0.3) is 0 Å². The lowest BCUT2D eigenvalue weighted by molar-refractivity contribution is 0.0223. The monoisotopic (exact) mass is 310 g/mol. The van der Waals surface area contributed by atoms with Crippen molar-refractivity contribution in [3.8, 4) is 0 Å². The number of hydrogen-bond donors (Lipinski definition) is 2. The Morgan fingerprint density at radius 3 is 2.48 bits per heavy atom. The Hall–Kier alpha value is -1.76. The highest BCUT2D eigenvalue weighted by molar-refractivity contribution is 7.71. The summed E-state index contributed by atoms with van der Waals surface area (Å²) in [5.41, 5.74) is 13.9. The molecule has 2 rings (SSSR count). The summed E-state index contributed by atoms with van der Waals surface area (Å²) in [5, 5.41) is 0. The van der Waals surface area contributed by atoms with E-state index >= 15 is 0 Å². The Morgan fingerprint density at radius 2 is 1.90 bits per heavy atom. The van der Waals surface area contributed by atoms with Crippen LogP contribution in [0.2, 0.25) is 0 Å². The average Bonchev–Trinajstić information content (AvgIpc) is 2.40. The van der Waals surface area contributed by atoms with Crippen LogP contribution >= 0.6 is 12.2 Å². The summed E-state index contributed by atoms with van der Waals surface area (Å²) in [6.45, 7) is 6.50. The Kier molecular flexibility index (Phi) is 3.88. The highest BCUT2D eigenvalue weighted by atomic mass is 32.1. The van der Waals surface area contributed by atoms with Gasteiger partial charge in [0.2, 0.25) is 0 Å². The lowest BCUT2D eigenvalue weighted by atomic mass is 10.00. The van der Waals surface area contributed by atoms with Gasteiger partial charge in [0.15, 0.2) is 0 Å². The van der Waals surface area contributed by atoms with Crippen LogP contribution in [0.15, 0.2) is 0 Å². The van der Waals surface area contributed by atoms with Crippen LogP contribution in [0, 0.1) is 4.64 Å². The number of amides is 1. The second-order valence-electron chi connectivity index (χ2n) is 6.27. The SMILES string of the molecule is Cn1c(N)c(N)c2c(c1=S)CN(C(=O)OC(C)(C)C)CC2. The van der Waals surface area contributed by atoms with Crippen molar-refractivity contribution < 1.29 is 9.53 Å². The van der Waals surface area contributed by atoms with Gasteiger partial charge in [-0.2, -0.15) is 0 Å². The van der Waals surface area contributed by atoms with Crippen LogP contribution in [0.4, 0.5) is 16.3 Å². The number of aromatic nitrogens is 1. The second-order valence-corrected chi connectivity index (χ2v) is 6.66. The molecule has 0 fully saturated rings. The molecular weight excluding hydrogens is 288 g/mol. The number of anilines is 2. The van der Waals surface area contributed by atoms with Crippen molar-refractivity contribution in [2.45, 2.75) is 39.3 Å². The van der Waals surface area contributed by atoms with Crippen molar-refractivity contribution in [1.29, 1.82) is 0 Å². The molecule has 0 atom stereocenters. The summed E-state index contributed by atoms with van der Waals surface area (Å²) in [4.78, 5) is 13.8. The summed E-state index contributed by atoms with van der Waals surface area (Å²) < 4.78 is 7.70. The van der Waals surface area contributed by atoms with Gasteiger partial charge in [0.25, 0.3) is 0 Å². The minimum Gasteiger partial charge on any atom is -0.444 e. The van der Waals surface area contributed by atoms with E-state index in [1.165, 1.54) is 0 Å². The van der Waals surface area contributed by atoms with Gasteiger partial charge in [-0.3, -0.25) is 0 Å². The van der Waals surface area contributed by atoms with Gasteiger partial charge in [-0.25, -0.2) is 4.79 Å². The number of ether oxygens (including phenoxy) is 1. The molecule has 1 amide bonds. The molecule has 1 aliphatic rings. The van der Waals surface area contributed by atoms with Crippen molar-refractivity contribution in [3.05, 3.63) is 15.8 Å². The zero-order valence-corrected chi connectivity index (χ0v) is 13.7. The fourth-order valence-electron chi connectivity index (χ4n) is 2.39. The molecule has 0 saturated carbocycles. The minimum atomic E-state index is -0.515. The van der Waals surface area contributed by atoms with Crippen molar-refractivity contribution in [2.24, 2.45) is 7.05 Å². The Labute approximate surface area is 129 Å². The van der Waals surface area contributed by atoms with E-state index in [0.29, 0.717) is 35.7 Å². The summed E-state index contributed by atoms with van der Waals surface area (Å²) >= 11 is 5.43. The Balaban J connectivity index is 2.33. The van der Waals surface area contributed by atoms with Gasteiger partial charge in [-0.05, 0) is 32.8 Å². The molecule has 1 aromatic rings. The second kappa shape index (κ2) is 5.22. The molecule has 0 aromatic carbocycles. The molecule has 0 aliphatic carbocycles. The number of pyridine rings is 1. The van der Waals surface area contributed by atoms with Gasteiger partial charge < -0.3 is 25.7 Å². The first-order chi connectivity index (χ1) is 9.61. The van der Waals surface area contributed by atoms with E-state index in [-0.39, 0.29) is 6.09 Å². The molecule has 0 unspecified atom stereocenters. The van der Waals surface area contributed by atoms with Crippen molar-refractivity contribution in [1.82, 2.24) is 9.47 Å². The minimum absolute atomic E-state index is 0.333. The van der Waals surface area contributed by atoms with E-state index < -0.39 is 5.60 Å². The third-order valence-corrected chi connectivity index (χ3v) is 4.04. The number of hydrogen-bond acceptors (Lipinski definition) is 5. The number of rotatable bonds is 0. The summed E-state index contributed by atoms with van der Waals surface area (Å²) in [6, 6.07) is 0. The first kappa shape index (κ1) is 15.6. The fourth-order valence-corrected chi connectivity index (χ4v) is 2.67. The number of carbonyl (C=O) groups is 1. The van der Waals surface area contributed by atoms with Crippen LogP contribution in [0.5, 0.6) is 0 Å². The molecule has 6 nitrogen and oxygen atoms in total. The standard InChI is InChI=1S/C14H22N4O2S/c1-14(2,3)20-13(19)18-6-5-8-9(7-18)12(21)17(4)11(16)10(8)15/h5-7,15-16H2,1-4H3. The first-order valence-corrected chi connectivity index (χ1v) is 7.26. The molecule has 7 heteroatoms. The Morgan fingerprint density at radius 1 is 1.29 bits per heavy atom. The fraction of sp³-hybridized carbons (Fsp3) is 0.571. The lowest BCUT2D eigenvalue weighted by Crippen LogP contribution is -2.40. The average molecular weight is 310 g/mol. The van der Waals surface area contributed by atoms with Gasteiger partial charge in [-0.1, -0.05) is 12.2 Å². The van der Waals surface area contributed by atoms with Crippen LogP contribution in [-0.2, 0) is 24.8 Å². The highest BCUT2D eigenvalue weighted by Gasteiger charge is 2.28.